The van der Waals surface area contributed by atoms with E-state index in [1.807, 2.05) is 19.1 Å². The Hall–Kier alpha value is -2.06. The van der Waals surface area contributed by atoms with Gasteiger partial charge >= 0.3 is 0 Å². The average Bonchev–Trinajstić information content (AvgIpc) is 2.49. The minimum Gasteiger partial charge on any atom is -0.346 e. The summed E-state index contributed by atoms with van der Waals surface area (Å²) in [4.78, 5) is 12.0. The van der Waals surface area contributed by atoms with Gasteiger partial charge in [-0.05, 0) is 55.7 Å². The van der Waals surface area contributed by atoms with Gasteiger partial charge in [0.1, 0.15) is 0 Å². The van der Waals surface area contributed by atoms with Crippen LogP contribution in [0, 0.1) is 13.8 Å². The van der Waals surface area contributed by atoms with E-state index in [0.717, 1.165) is 11.1 Å². The van der Waals surface area contributed by atoms with Crippen LogP contribution in [0.1, 0.15) is 35.2 Å². The molecule has 0 heterocycles. The lowest BCUT2D eigenvalue weighted by molar-refractivity contribution is -0.117. The lowest BCUT2D eigenvalue weighted by Crippen LogP contribution is -2.25. The molecule has 22 heavy (non-hydrogen) atoms. The standard InChI is InChI=1S/C19H20ClNO/c1-13-4-5-14(2)18(12-13)15(3)21-19(22)11-8-16-6-9-17(20)10-7-16/h4-12,15H,1-3H3,(H,21,22). The summed E-state index contributed by atoms with van der Waals surface area (Å²) in [6, 6.07) is 13.6. The SMILES string of the molecule is Cc1ccc(C)c(C(C)NC(=O)C=Cc2ccc(Cl)cc2)c1. The third-order valence-electron chi connectivity index (χ3n) is 3.56. The summed E-state index contributed by atoms with van der Waals surface area (Å²) in [7, 11) is 0. The van der Waals surface area contributed by atoms with Crippen LogP contribution < -0.4 is 5.32 Å². The van der Waals surface area contributed by atoms with Gasteiger partial charge < -0.3 is 5.32 Å². The molecule has 3 heteroatoms. The van der Waals surface area contributed by atoms with Crippen molar-refractivity contribution in [2.45, 2.75) is 26.8 Å². The quantitative estimate of drug-likeness (QED) is 0.803. The number of carbonyl (C=O) groups excluding carboxylic acids is 1. The summed E-state index contributed by atoms with van der Waals surface area (Å²) < 4.78 is 0. The number of amides is 1. The second-order valence-corrected chi connectivity index (χ2v) is 5.91. The molecule has 2 aromatic carbocycles. The Morgan fingerprint density at radius 1 is 1.14 bits per heavy atom. The Labute approximate surface area is 136 Å². The van der Waals surface area contributed by atoms with Crippen molar-refractivity contribution in [2.24, 2.45) is 0 Å². The average molecular weight is 314 g/mol. The van der Waals surface area contributed by atoms with E-state index >= 15 is 0 Å². The zero-order valence-corrected chi connectivity index (χ0v) is 13.8. The molecule has 0 spiro atoms. The number of carbonyl (C=O) groups is 1. The fourth-order valence-corrected chi connectivity index (χ4v) is 2.44. The minimum absolute atomic E-state index is 0.0257. The maximum absolute atomic E-state index is 12.0. The molecule has 0 saturated carbocycles. The first-order valence-corrected chi connectivity index (χ1v) is 7.65. The summed E-state index contributed by atoms with van der Waals surface area (Å²) in [6.07, 6.45) is 3.33. The fourth-order valence-electron chi connectivity index (χ4n) is 2.31. The van der Waals surface area contributed by atoms with Gasteiger partial charge in [0, 0.05) is 11.1 Å². The van der Waals surface area contributed by atoms with Gasteiger partial charge in [0.05, 0.1) is 6.04 Å². The fraction of sp³-hybridized carbons (Fsp3) is 0.211. The molecule has 0 fully saturated rings. The van der Waals surface area contributed by atoms with Gasteiger partial charge in [0.25, 0.3) is 0 Å². The second-order valence-electron chi connectivity index (χ2n) is 5.48. The first-order valence-electron chi connectivity index (χ1n) is 7.27. The maximum Gasteiger partial charge on any atom is 0.244 e. The van der Waals surface area contributed by atoms with Gasteiger partial charge in [-0.2, -0.15) is 0 Å². The Morgan fingerprint density at radius 2 is 1.82 bits per heavy atom. The van der Waals surface area contributed by atoms with Crippen molar-refractivity contribution in [3.05, 3.63) is 75.8 Å². The van der Waals surface area contributed by atoms with Crippen LogP contribution in [-0.4, -0.2) is 5.91 Å². The molecule has 1 atom stereocenters. The van der Waals surface area contributed by atoms with E-state index in [1.165, 1.54) is 11.1 Å². The van der Waals surface area contributed by atoms with Crippen molar-refractivity contribution in [1.29, 1.82) is 0 Å². The summed E-state index contributed by atoms with van der Waals surface area (Å²) >= 11 is 5.84. The van der Waals surface area contributed by atoms with Gasteiger partial charge in [0.15, 0.2) is 0 Å². The smallest absolute Gasteiger partial charge is 0.244 e. The van der Waals surface area contributed by atoms with Crippen molar-refractivity contribution in [1.82, 2.24) is 5.32 Å². The molecule has 0 bridgehead atoms. The molecule has 0 radical (unpaired) electrons. The summed E-state index contributed by atoms with van der Waals surface area (Å²) in [6.45, 7) is 6.11. The Bertz CT molecular complexity index is 689. The van der Waals surface area contributed by atoms with Crippen LogP contribution in [0.25, 0.3) is 6.08 Å². The van der Waals surface area contributed by atoms with Gasteiger partial charge in [-0.15, -0.1) is 0 Å². The molecule has 2 rings (SSSR count). The third-order valence-corrected chi connectivity index (χ3v) is 3.81. The van der Waals surface area contributed by atoms with Crippen LogP contribution in [-0.2, 0) is 4.79 Å². The maximum atomic E-state index is 12.0. The van der Waals surface area contributed by atoms with Crippen LogP contribution in [0.5, 0.6) is 0 Å². The molecular formula is C19H20ClNO. The number of rotatable bonds is 4. The molecule has 0 aliphatic heterocycles. The highest BCUT2D eigenvalue weighted by Crippen LogP contribution is 2.19. The number of aryl methyl sites for hydroxylation is 2. The van der Waals surface area contributed by atoms with Gasteiger partial charge in [-0.3, -0.25) is 4.79 Å². The molecule has 0 aromatic heterocycles. The molecule has 0 aliphatic rings. The summed E-state index contributed by atoms with van der Waals surface area (Å²) in [5.74, 6) is -0.108. The molecule has 1 amide bonds. The molecule has 114 valence electrons. The number of nitrogens with one attached hydrogen (secondary N) is 1. The van der Waals surface area contributed by atoms with Crippen LogP contribution in [0.2, 0.25) is 5.02 Å². The molecule has 1 N–H and O–H groups in total. The normalized spacial score (nSPS) is 12.4. The van der Waals surface area contributed by atoms with Crippen molar-refractivity contribution >= 4 is 23.6 Å². The molecular weight excluding hydrogens is 294 g/mol. The third kappa shape index (κ3) is 4.47. The number of hydrogen-bond acceptors (Lipinski definition) is 1. The van der Waals surface area contributed by atoms with E-state index < -0.39 is 0 Å². The topological polar surface area (TPSA) is 29.1 Å². The Balaban J connectivity index is 2.02. The van der Waals surface area contributed by atoms with Gasteiger partial charge in [-0.25, -0.2) is 0 Å². The Morgan fingerprint density at radius 3 is 2.50 bits per heavy atom. The zero-order valence-electron chi connectivity index (χ0n) is 13.1. The number of benzene rings is 2. The van der Waals surface area contributed by atoms with E-state index in [2.05, 4.69) is 37.4 Å². The molecule has 1 unspecified atom stereocenters. The number of hydrogen-bond donors (Lipinski definition) is 1. The van der Waals surface area contributed by atoms with Crippen molar-refractivity contribution < 1.29 is 4.79 Å². The first kappa shape index (κ1) is 16.3. The molecule has 0 saturated heterocycles. The highest BCUT2D eigenvalue weighted by Gasteiger charge is 2.10. The van der Waals surface area contributed by atoms with Crippen LogP contribution in [0.3, 0.4) is 0 Å². The number of halogens is 1. The highest BCUT2D eigenvalue weighted by molar-refractivity contribution is 6.30. The lowest BCUT2D eigenvalue weighted by atomic mass is 10.00. The van der Waals surface area contributed by atoms with Crippen molar-refractivity contribution in [3.8, 4) is 0 Å². The van der Waals surface area contributed by atoms with E-state index in [-0.39, 0.29) is 11.9 Å². The molecule has 2 aromatic rings. The second kappa shape index (κ2) is 7.28. The van der Waals surface area contributed by atoms with Gasteiger partial charge in [0.2, 0.25) is 5.91 Å². The van der Waals surface area contributed by atoms with E-state index in [4.69, 9.17) is 11.6 Å². The van der Waals surface area contributed by atoms with Crippen molar-refractivity contribution in [3.63, 3.8) is 0 Å². The Kier molecular flexibility index (Phi) is 5.40. The lowest BCUT2D eigenvalue weighted by Gasteiger charge is -2.16. The minimum atomic E-state index is -0.108. The summed E-state index contributed by atoms with van der Waals surface area (Å²) in [5.41, 5.74) is 4.46. The monoisotopic (exact) mass is 313 g/mol. The van der Waals surface area contributed by atoms with Crippen LogP contribution >= 0.6 is 11.6 Å². The van der Waals surface area contributed by atoms with Gasteiger partial charge in [-0.1, -0.05) is 47.5 Å². The predicted molar refractivity (Wildman–Crippen MR) is 93.0 cm³/mol. The zero-order chi connectivity index (χ0) is 16.1. The van der Waals surface area contributed by atoms with E-state index in [0.29, 0.717) is 5.02 Å². The van der Waals surface area contributed by atoms with E-state index in [1.54, 1.807) is 24.3 Å². The summed E-state index contributed by atoms with van der Waals surface area (Å²) in [5, 5.41) is 3.68. The first-order chi connectivity index (χ1) is 10.5. The van der Waals surface area contributed by atoms with Crippen LogP contribution in [0.4, 0.5) is 0 Å². The van der Waals surface area contributed by atoms with E-state index in [9.17, 15) is 4.79 Å². The molecule has 0 aliphatic carbocycles. The van der Waals surface area contributed by atoms with Crippen LogP contribution in [0.15, 0.2) is 48.5 Å². The largest absolute Gasteiger partial charge is 0.346 e. The highest BCUT2D eigenvalue weighted by atomic mass is 35.5. The van der Waals surface area contributed by atoms with Crippen molar-refractivity contribution in [2.75, 3.05) is 0 Å². The molecule has 2 nitrogen and oxygen atoms in total. The predicted octanol–water partition coefficient (Wildman–Crippen LogP) is 4.85.